The van der Waals surface area contributed by atoms with Crippen LogP contribution < -0.4 is 10.5 Å². The Morgan fingerprint density at radius 1 is 1.33 bits per heavy atom. The number of nitrogens with one attached hydrogen (secondary N) is 1. The third kappa shape index (κ3) is 4.96. The largest absolute Gasteiger partial charge is 0.398 e. The van der Waals surface area contributed by atoms with Crippen LogP contribution in [-0.4, -0.2) is 51.2 Å². The number of rotatable bonds is 6. The van der Waals surface area contributed by atoms with Crippen molar-refractivity contribution in [1.29, 1.82) is 0 Å². The predicted molar refractivity (Wildman–Crippen MR) is 84.7 cm³/mol. The summed E-state index contributed by atoms with van der Waals surface area (Å²) in [5.74, 6) is 0. The van der Waals surface area contributed by atoms with Crippen molar-refractivity contribution in [3.05, 3.63) is 23.3 Å². The van der Waals surface area contributed by atoms with Crippen LogP contribution in [-0.2, 0) is 10.0 Å². The van der Waals surface area contributed by atoms with Crippen molar-refractivity contribution in [2.45, 2.75) is 31.3 Å². The minimum Gasteiger partial charge on any atom is -0.398 e. The molecule has 1 atom stereocenters. The highest BCUT2D eigenvalue weighted by atomic mass is 32.2. The van der Waals surface area contributed by atoms with Gasteiger partial charge in [0.05, 0.1) is 10.5 Å². The molecule has 1 aromatic carbocycles. The van der Waals surface area contributed by atoms with E-state index in [1.165, 1.54) is 6.07 Å². The Labute approximate surface area is 127 Å². The Hall–Kier alpha value is -1.15. The van der Waals surface area contributed by atoms with Gasteiger partial charge in [0.25, 0.3) is 0 Å². The lowest BCUT2D eigenvalue weighted by Crippen LogP contribution is -2.47. The molecule has 0 aliphatic heterocycles. The molecule has 7 heteroatoms. The summed E-state index contributed by atoms with van der Waals surface area (Å²) in [6.07, 6.45) is 0. The number of aryl methyl sites for hydroxylation is 1. The molecule has 21 heavy (non-hydrogen) atoms. The summed E-state index contributed by atoms with van der Waals surface area (Å²) < 4.78 is 27.0. The predicted octanol–water partition coefficient (Wildman–Crippen LogP) is 0.477. The molecular weight excluding hydrogens is 290 g/mol. The van der Waals surface area contributed by atoms with Gasteiger partial charge < -0.3 is 15.7 Å². The zero-order valence-corrected chi connectivity index (χ0v) is 14.1. The topological polar surface area (TPSA) is 95.7 Å². The van der Waals surface area contributed by atoms with Gasteiger partial charge in [-0.15, -0.1) is 0 Å². The first-order valence-electron chi connectivity index (χ1n) is 6.68. The van der Waals surface area contributed by atoms with E-state index in [1.807, 2.05) is 27.9 Å². The van der Waals surface area contributed by atoms with E-state index in [1.54, 1.807) is 17.9 Å². The zero-order chi connectivity index (χ0) is 16.4. The molecule has 0 bridgehead atoms. The van der Waals surface area contributed by atoms with E-state index in [2.05, 4.69) is 4.72 Å². The van der Waals surface area contributed by atoms with Crippen molar-refractivity contribution >= 4 is 15.7 Å². The molecule has 6 nitrogen and oxygen atoms in total. The Bertz CT molecular complexity index is 587. The second-order valence-corrected chi connectivity index (χ2v) is 7.78. The average molecular weight is 315 g/mol. The molecule has 0 saturated heterocycles. The highest BCUT2D eigenvalue weighted by Gasteiger charge is 2.25. The molecule has 0 saturated carbocycles. The summed E-state index contributed by atoms with van der Waals surface area (Å²) in [6, 6.07) is 3.01. The van der Waals surface area contributed by atoms with Crippen LogP contribution in [0.15, 0.2) is 17.0 Å². The number of sulfonamides is 1. The van der Waals surface area contributed by atoms with Crippen LogP contribution in [0.3, 0.4) is 0 Å². The van der Waals surface area contributed by atoms with Crippen molar-refractivity contribution in [2.75, 3.05) is 32.9 Å². The van der Waals surface area contributed by atoms with Gasteiger partial charge in [-0.1, -0.05) is 0 Å². The van der Waals surface area contributed by atoms with E-state index >= 15 is 0 Å². The van der Waals surface area contributed by atoms with Crippen LogP contribution in [0.5, 0.6) is 0 Å². The van der Waals surface area contributed by atoms with Crippen LogP contribution in [0.2, 0.25) is 0 Å². The van der Waals surface area contributed by atoms with Crippen molar-refractivity contribution in [2.24, 2.45) is 0 Å². The summed E-state index contributed by atoms with van der Waals surface area (Å²) in [6.45, 7) is 5.53. The van der Waals surface area contributed by atoms with Gasteiger partial charge in [-0.05, 0) is 58.1 Å². The van der Waals surface area contributed by atoms with Gasteiger partial charge in [-0.2, -0.15) is 0 Å². The van der Waals surface area contributed by atoms with Gasteiger partial charge in [0, 0.05) is 18.8 Å². The number of hydrogen-bond donors (Lipinski definition) is 3. The van der Waals surface area contributed by atoms with Crippen LogP contribution >= 0.6 is 0 Å². The van der Waals surface area contributed by atoms with Crippen molar-refractivity contribution < 1.29 is 13.5 Å². The summed E-state index contributed by atoms with van der Waals surface area (Å²) in [7, 11) is -0.0745. The molecule has 120 valence electrons. The van der Waals surface area contributed by atoms with E-state index in [0.717, 1.165) is 11.1 Å². The van der Waals surface area contributed by atoms with Crippen LogP contribution in [0.1, 0.15) is 18.1 Å². The van der Waals surface area contributed by atoms with Crippen molar-refractivity contribution in [3.63, 3.8) is 0 Å². The Kier molecular flexibility index (Phi) is 5.38. The fraction of sp³-hybridized carbons (Fsp3) is 0.571. The van der Waals surface area contributed by atoms with Crippen molar-refractivity contribution in [3.8, 4) is 0 Å². The minimum atomic E-state index is -3.70. The molecular formula is C14H25N3O3S. The maximum Gasteiger partial charge on any atom is 0.240 e. The number of nitrogens with zero attached hydrogens (tertiary/aromatic N) is 1. The van der Waals surface area contributed by atoms with E-state index < -0.39 is 15.6 Å². The van der Waals surface area contributed by atoms with Gasteiger partial charge in [0.15, 0.2) is 0 Å². The Morgan fingerprint density at radius 2 is 1.90 bits per heavy atom. The molecule has 1 unspecified atom stereocenters. The number of nitrogen functional groups attached to an aromatic ring is 1. The van der Waals surface area contributed by atoms with Crippen LogP contribution in [0, 0.1) is 13.8 Å². The van der Waals surface area contributed by atoms with E-state index in [0.29, 0.717) is 12.2 Å². The Morgan fingerprint density at radius 3 is 2.38 bits per heavy atom. The average Bonchev–Trinajstić information content (AvgIpc) is 2.31. The van der Waals surface area contributed by atoms with Gasteiger partial charge >= 0.3 is 0 Å². The number of nitrogens with two attached hydrogens (primary N) is 1. The third-order valence-corrected chi connectivity index (χ3v) is 4.67. The van der Waals surface area contributed by atoms with E-state index in [-0.39, 0.29) is 11.4 Å². The first-order chi connectivity index (χ1) is 9.44. The molecule has 4 N–H and O–H groups in total. The molecule has 0 aromatic heterocycles. The van der Waals surface area contributed by atoms with Gasteiger partial charge in [-0.3, -0.25) is 0 Å². The van der Waals surface area contributed by atoms with Gasteiger partial charge in [-0.25, -0.2) is 13.1 Å². The lowest BCUT2D eigenvalue weighted by Gasteiger charge is -2.27. The normalized spacial score (nSPS) is 15.2. The molecule has 0 aliphatic rings. The lowest BCUT2D eigenvalue weighted by atomic mass is 10.1. The number of hydrogen-bond acceptors (Lipinski definition) is 5. The molecule has 0 aliphatic carbocycles. The summed E-state index contributed by atoms with van der Waals surface area (Å²) in [5, 5.41) is 10.2. The third-order valence-electron chi connectivity index (χ3n) is 3.29. The van der Waals surface area contributed by atoms with Gasteiger partial charge in [0.1, 0.15) is 0 Å². The second-order valence-electron chi connectivity index (χ2n) is 6.01. The first kappa shape index (κ1) is 17.9. The number of aliphatic hydroxyl groups is 1. The first-order valence-corrected chi connectivity index (χ1v) is 8.16. The SMILES string of the molecule is Cc1cc(S(=O)(=O)NCC(C)(O)CN(C)C)cc(N)c1C. The zero-order valence-electron chi connectivity index (χ0n) is 13.3. The van der Waals surface area contributed by atoms with Crippen LogP contribution in [0.4, 0.5) is 5.69 Å². The van der Waals surface area contributed by atoms with Crippen molar-refractivity contribution in [1.82, 2.24) is 9.62 Å². The molecule has 0 radical (unpaired) electrons. The standard InChI is InChI=1S/C14H25N3O3S/c1-10-6-12(7-13(15)11(10)2)21(19,20)16-8-14(3,18)9-17(4)5/h6-7,16,18H,8-9,15H2,1-5H3. The second kappa shape index (κ2) is 6.31. The van der Waals surface area contributed by atoms with Crippen LogP contribution in [0.25, 0.3) is 0 Å². The highest BCUT2D eigenvalue weighted by molar-refractivity contribution is 7.89. The molecule has 1 rings (SSSR count). The fourth-order valence-electron chi connectivity index (χ4n) is 2.08. The monoisotopic (exact) mass is 315 g/mol. The number of benzene rings is 1. The van der Waals surface area contributed by atoms with E-state index in [9.17, 15) is 13.5 Å². The lowest BCUT2D eigenvalue weighted by molar-refractivity contribution is 0.0386. The van der Waals surface area contributed by atoms with E-state index in [4.69, 9.17) is 5.73 Å². The smallest absolute Gasteiger partial charge is 0.240 e. The van der Waals surface area contributed by atoms with Gasteiger partial charge in [0.2, 0.25) is 10.0 Å². The number of likely N-dealkylation sites (N-methyl/N-ethyl adjacent to an activating group) is 1. The molecule has 0 spiro atoms. The Balaban J connectivity index is 2.93. The molecule has 0 amide bonds. The highest BCUT2D eigenvalue weighted by Crippen LogP contribution is 2.21. The fourth-order valence-corrected chi connectivity index (χ4v) is 3.36. The maximum absolute atomic E-state index is 12.3. The summed E-state index contributed by atoms with van der Waals surface area (Å²) in [4.78, 5) is 1.91. The molecule has 1 aromatic rings. The quantitative estimate of drug-likeness (QED) is 0.664. The number of anilines is 1. The molecule has 0 heterocycles. The molecule has 0 fully saturated rings. The minimum absolute atomic E-state index is 0.0691. The maximum atomic E-state index is 12.3. The summed E-state index contributed by atoms with van der Waals surface area (Å²) >= 11 is 0. The summed E-state index contributed by atoms with van der Waals surface area (Å²) in [5.41, 5.74) is 6.79.